The van der Waals surface area contributed by atoms with Crippen molar-refractivity contribution in [3.05, 3.63) is 82.9 Å². The summed E-state index contributed by atoms with van der Waals surface area (Å²) in [5.41, 5.74) is 7.06. The lowest BCUT2D eigenvalue weighted by atomic mass is 9.82. The van der Waals surface area contributed by atoms with E-state index in [2.05, 4.69) is 36.5 Å². The van der Waals surface area contributed by atoms with Gasteiger partial charge in [0.15, 0.2) is 0 Å². The molecule has 0 radical (unpaired) electrons. The number of amides is 2. The fraction of sp³-hybridized carbons (Fsp3) is 0.276. The van der Waals surface area contributed by atoms with E-state index in [0.29, 0.717) is 17.7 Å². The first-order valence-corrected chi connectivity index (χ1v) is 12.2. The molecule has 0 saturated heterocycles. The number of quaternary nitrogens is 1. The number of fused-ring (bicyclic) bond motifs is 1. The molecule has 0 aromatic heterocycles. The van der Waals surface area contributed by atoms with Gasteiger partial charge in [-0.25, -0.2) is 0 Å². The first-order valence-electron chi connectivity index (χ1n) is 12.2. The van der Waals surface area contributed by atoms with Gasteiger partial charge in [0.05, 0.1) is 30.8 Å². The number of hydrogen-bond donors (Lipinski definition) is 1. The molecule has 0 spiro atoms. The minimum absolute atomic E-state index is 0.165. The van der Waals surface area contributed by atoms with Gasteiger partial charge in [0, 0.05) is 0 Å². The normalized spacial score (nSPS) is 12.7. The standard InChI is InChI=1S/C27H28N2O2.C2HF3O2/c1-4-15-28-16-17-29-26(30)24-18(2)22(20-11-7-5-8-12-20)23(19(3)25(24)27(29)31)21-13-9-6-10-14-21;3-2(4,5)1(6)7/h5-14,28H,4,15-17H2,1-3H3;(H,6,7). The molecule has 1 aliphatic rings. The van der Waals surface area contributed by atoms with Crippen molar-refractivity contribution in [2.75, 3.05) is 19.6 Å². The largest absolute Gasteiger partial charge is 0.542 e. The Kier molecular flexibility index (Phi) is 9.06. The van der Waals surface area contributed by atoms with Gasteiger partial charge in [0.2, 0.25) is 0 Å². The van der Waals surface area contributed by atoms with E-state index in [-0.39, 0.29) is 11.8 Å². The van der Waals surface area contributed by atoms with Crippen molar-refractivity contribution in [2.24, 2.45) is 0 Å². The van der Waals surface area contributed by atoms with Crippen molar-refractivity contribution in [1.29, 1.82) is 0 Å². The fourth-order valence-corrected chi connectivity index (χ4v) is 4.60. The van der Waals surface area contributed by atoms with Crippen molar-refractivity contribution in [3.8, 4) is 22.3 Å². The highest BCUT2D eigenvalue weighted by atomic mass is 19.4. The zero-order valence-electron chi connectivity index (χ0n) is 21.4. The molecule has 6 nitrogen and oxygen atoms in total. The summed E-state index contributed by atoms with van der Waals surface area (Å²) < 4.78 is 31.5. The summed E-state index contributed by atoms with van der Waals surface area (Å²) in [6.07, 6.45) is -4.12. The van der Waals surface area contributed by atoms with Crippen LogP contribution in [0.3, 0.4) is 0 Å². The summed E-state index contributed by atoms with van der Waals surface area (Å²) in [5.74, 6) is -3.34. The van der Waals surface area contributed by atoms with Crippen LogP contribution < -0.4 is 10.4 Å². The number of aliphatic carboxylic acids is 1. The molecular weight excluding hydrogens is 497 g/mol. The lowest BCUT2D eigenvalue weighted by molar-refractivity contribution is -0.653. The fourth-order valence-electron chi connectivity index (χ4n) is 4.60. The number of halogens is 3. The molecular formula is C29H29F3N2O4. The number of carboxylic acid groups (broad SMARTS) is 1. The van der Waals surface area contributed by atoms with Crippen LogP contribution in [0.1, 0.15) is 45.2 Å². The Balaban J connectivity index is 0.000000505. The van der Waals surface area contributed by atoms with Crippen LogP contribution >= 0.6 is 0 Å². The summed E-state index contributed by atoms with van der Waals surface area (Å²) in [7, 11) is 0. The van der Waals surface area contributed by atoms with Crippen molar-refractivity contribution in [3.63, 3.8) is 0 Å². The van der Waals surface area contributed by atoms with E-state index in [0.717, 1.165) is 52.9 Å². The van der Waals surface area contributed by atoms with Crippen LogP contribution in [-0.4, -0.2) is 48.5 Å². The number of nitrogens with two attached hydrogens (primary N) is 1. The van der Waals surface area contributed by atoms with Crippen LogP contribution in [0.25, 0.3) is 22.3 Å². The predicted octanol–water partition coefficient (Wildman–Crippen LogP) is 3.51. The molecule has 9 heteroatoms. The Morgan fingerprint density at radius 1 is 0.789 bits per heavy atom. The van der Waals surface area contributed by atoms with E-state index in [9.17, 15) is 22.8 Å². The summed E-state index contributed by atoms with van der Waals surface area (Å²) in [4.78, 5) is 36.9. The lowest BCUT2D eigenvalue weighted by Crippen LogP contribution is -2.85. The summed E-state index contributed by atoms with van der Waals surface area (Å²) in [6.45, 7) is 8.25. The van der Waals surface area contributed by atoms with Gasteiger partial charge in [0.25, 0.3) is 11.8 Å². The molecule has 1 heterocycles. The first kappa shape index (κ1) is 28.6. The minimum atomic E-state index is -5.19. The average Bonchev–Trinajstić information content (AvgIpc) is 3.14. The maximum absolute atomic E-state index is 13.4. The monoisotopic (exact) mass is 526 g/mol. The van der Waals surface area contributed by atoms with E-state index >= 15 is 0 Å². The number of benzene rings is 3. The number of carboxylic acids is 1. The number of hydrogen-bond acceptors (Lipinski definition) is 4. The van der Waals surface area contributed by atoms with Gasteiger partial charge in [-0.1, -0.05) is 67.6 Å². The number of carbonyl (C=O) groups excluding carboxylic acids is 3. The number of alkyl halides is 3. The van der Waals surface area contributed by atoms with E-state index < -0.39 is 12.1 Å². The van der Waals surface area contributed by atoms with Gasteiger partial charge in [-0.05, 0) is 53.6 Å². The van der Waals surface area contributed by atoms with E-state index in [1.807, 2.05) is 50.2 Å². The Morgan fingerprint density at radius 2 is 1.18 bits per heavy atom. The average molecular weight is 527 g/mol. The van der Waals surface area contributed by atoms with Gasteiger partial charge >= 0.3 is 6.18 Å². The number of imide groups is 1. The number of nitrogens with zero attached hydrogens (tertiary/aromatic N) is 1. The quantitative estimate of drug-likeness (QED) is 0.377. The molecule has 2 amide bonds. The van der Waals surface area contributed by atoms with Crippen molar-refractivity contribution < 1.29 is 38.0 Å². The molecule has 3 aromatic rings. The van der Waals surface area contributed by atoms with Crippen LogP contribution in [0.5, 0.6) is 0 Å². The Hall–Kier alpha value is -3.98. The van der Waals surface area contributed by atoms with Crippen LogP contribution in [0, 0.1) is 13.8 Å². The molecule has 0 fully saturated rings. The van der Waals surface area contributed by atoms with E-state index in [1.54, 1.807) is 0 Å². The van der Waals surface area contributed by atoms with Crippen LogP contribution in [0.15, 0.2) is 60.7 Å². The first-order chi connectivity index (χ1) is 18.0. The van der Waals surface area contributed by atoms with Crippen molar-refractivity contribution in [1.82, 2.24) is 4.90 Å². The minimum Gasteiger partial charge on any atom is -0.542 e. The highest BCUT2D eigenvalue weighted by Crippen LogP contribution is 2.43. The van der Waals surface area contributed by atoms with Gasteiger partial charge in [-0.15, -0.1) is 0 Å². The van der Waals surface area contributed by atoms with Crippen molar-refractivity contribution >= 4 is 17.8 Å². The molecule has 1 aliphatic heterocycles. The van der Waals surface area contributed by atoms with Gasteiger partial charge in [-0.2, -0.15) is 13.2 Å². The molecule has 0 bridgehead atoms. The predicted molar refractivity (Wildman–Crippen MR) is 135 cm³/mol. The second kappa shape index (κ2) is 12.0. The third kappa shape index (κ3) is 5.94. The van der Waals surface area contributed by atoms with Crippen LogP contribution in [0.2, 0.25) is 0 Å². The second-order valence-corrected chi connectivity index (χ2v) is 8.90. The summed E-state index contributed by atoms with van der Waals surface area (Å²) >= 11 is 0. The Labute approximate surface area is 219 Å². The van der Waals surface area contributed by atoms with E-state index in [4.69, 9.17) is 9.90 Å². The maximum atomic E-state index is 13.4. The zero-order valence-corrected chi connectivity index (χ0v) is 21.4. The molecule has 0 aliphatic carbocycles. The summed E-state index contributed by atoms with van der Waals surface area (Å²) in [5, 5.41) is 10.9. The van der Waals surface area contributed by atoms with Crippen LogP contribution in [0.4, 0.5) is 13.2 Å². The third-order valence-electron chi connectivity index (χ3n) is 6.32. The molecule has 0 atom stereocenters. The zero-order chi connectivity index (χ0) is 28.0. The highest BCUT2D eigenvalue weighted by molar-refractivity contribution is 6.24. The molecule has 0 saturated carbocycles. The van der Waals surface area contributed by atoms with Gasteiger partial charge < -0.3 is 15.2 Å². The van der Waals surface area contributed by atoms with Gasteiger partial charge in [0.1, 0.15) is 5.97 Å². The molecule has 200 valence electrons. The van der Waals surface area contributed by atoms with E-state index in [1.165, 1.54) is 4.90 Å². The molecule has 2 N–H and O–H groups in total. The molecule has 0 unspecified atom stereocenters. The van der Waals surface area contributed by atoms with Crippen LogP contribution in [-0.2, 0) is 4.79 Å². The third-order valence-corrected chi connectivity index (χ3v) is 6.32. The Morgan fingerprint density at radius 3 is 1.53 bits per heavy atom. The summed E-state index contributed by atoms with van der Waals surface area (Å²) in [6, 6.07) is 20.3. The van der Waals surface area contributed by atoms with Gasteiger partial charge in [-0.3, -0.25) is 14.5 Å². The highest BCUT2D eigenvalue weighted by Gasteiger charge is 2.40. The Bertz CT molecular complexity index is 1240. The number of rotatable bonds is 7. The second-order valence-electron chi connectivity index (χ2n) is 8.90. The smallest absolute Gasteiger partial charge is 0.430 e. The van der Waals surface area contributed by atoms with Crippen molar-refractivity contribution in [2.45, 2.75) is 33.4 Å². The maximum Gasteiger partial charge on any atom is 0.430 e. The molecule has 38 heavy (non-hydrogen) atoms. The lowest BCUT2D eigenvalue weighted by Gasteiger charge is -2.19. The SMILES string of the molecule is CCC[NH2+]CCN1C(=O)c2c(C)c(-c3ccccc3)c(-c3ccccc3)c(C)c2C1=O.O=C([O-])C(F)(F)F. The topological polar surface area (TPSA) is 94.1 Å². The molecule has 3 aromatic carbocycles. The molecule has 4 rings (SSSR count). The number of carbonyl (C=O) groups is 3.